The Balaban J connectivity index is 2.31. The van der Waals surface area contributed by atoms with Crippen LogP contribution in [0.1, 0.15) is 18.3 Å². The number of nitrogens with zero attached hydrogens (tertiary/aromatic N) is 2. The summed E-state index contributed by atoms with van der Waals surface area (Å²) >= 11 is 0. The van der Waals surface area contributed by atoms with Gasteiger partial charge in [-0.3, -0.25) is 0 Å². The van der Waals surface area contributed by atoms with Crippen molar-refractivity contribution in [3.05, 3.63) is 41.5 Å². The SMILES string of the molecule is CCNc1cc(Oc2cc(F)ccc2C)nc(COC)n1. The molecule has 1 N–H and O–H groups in total. The molecule has 0 aliphatic rings. The summed E-state index contributed by atoms with van der Waals surface area (Å²) in [5, 5.41) is 3.10. The first kappa shape index (κ1) is 15.2. The highest BCUT2D eigenvalue weighted by molar-refractivity contribution is 5.41. The number of aromatic nitrogens is 2. The molecule has 0 saturated carbocycles. The van der Waals surface area contributed by atoms with Gasteiger partial charge in [-0.25, -0.2) is 9.37 Å². The molecule has 0 fully saturated rings. The van der Waals surface area contributed by atoms with Crippen LogP contribution in [0.5, 0.6) is 11.6 Å². The lowest BCUT2D eigenvalue weighted by atomic mass is 10.2. The number of ether oxygens (including phenoxy) is 2. The van der Waals surface area contributed by atoms with Gasteiger partial charge >= 0.3 is 0 Å². The zero-order valence-corrected chi connectivity index (χ0v) is 12.3. The number of aryl methyl sites for hydroxylation is 1. The van der Waals surface area contributed by atoms with Crippen LogP contribution >= 0.6 is 0 Å². The summed E-state index contributed by atoms with van der Waals surface area (Å²) < 4.78 is 24.0. The maximum Gasteiger partial charge on any atom is 0.224 e. The Labute approximate surface area is 123 Å². The third-order valence-corrected chi connectivity index (χ3v) is 2.75. The highest BCUT2D eigenvalue weighted by atomic mass is 19.1. The van der Waals surface area contributed by atoms with Gasteiger partial charge in [0.25, 0.3) is 0 Å². The topological polar surface area (TPSA) is 56.3 Å². The van der Waals surface area contributed by atoms with Crippen LogP contribution in [0.15, 0.2) is 24.3 Å². The van der Waals surface area contributed by atoms with Gasteiger partial charge in [-0.1, -0.05) is 6.07 Å². The van der Waals surface area contributed by atoms with Crippen LogP contribution in [-0.4, -0.2) is 23.6 Å². The van der Waals surface area contributed by atoms with E-state index in [1.165, 1.54) is 12.1 Å². The predicted molar refractivity (Wildman–Crippen MR) is 78.1 cm³/mol. The third kappa shape index (κ3) is 4.13. The molecule has 1 aromatic heterocycles. The van der Waals surface area contributed by atoms with Gasteiger partial charge in [0.05, 0.1) is 0 Å². The minimum atomic E-state index is -0.353. The van der Waals surface area contributed by atoms with Crippen LogP contribution in [0.4, 0.5) is 10.2 Å². The van der Waals surface area contributed by atoms with Gasteiger partial charge in [-0.05, 0) is 25.5 Å². The molecule has 0 unspecified atom stereocenters. The minimum absolute atomic E-state index is 0.276. The Bertz CT molecular complexity index is 596. The lowest BCUT2D eigenvalue weighted by molar-refractivity contribution is 0.177. The number of hydrogen-bond donors (Lipinski definition) is 1. The summed E-state index contributed by atoms with van der Waals surface area (Å²) in [4.78, 5) is 8.54. The van der Waals surface area contributed by atoms with E-state index in [9.17, 15) is 4.39 Å². The highest BCUT2D eigenvalue weighted by Gasteiger charge is 2.09. The normalized spacial score (nSPS) is 10.5. The highest BCUT2D eigenvalue weighted by Crippen LogP contribution is 2.26. The van der Waals surface area contributed by atoms with Gasteiger partial charge in [0, 0.05) is 25.8 Å². The summed E-state index contributed by atoms with van der Waals surface area (Å²) in [5.74, 6) is 1.57. The maximum absolute atomic E-state index is 13.3. The quantitative estimate of drug-likeness (QED) is 0.885. The van der Waals surface area contributed by atoms with Crippen LogP contribution in [-0.2, 0) is 11.3 Å². The fraction of sp³-hybridized carbons (Fsp3) is 0.333. The number of anilines is 1. The van der Waals surface area contributed by atoms with Crippen molar-refractivity contribution in [1.82, 2.24) is 9.97 Å². The van der Waals surface area contributed by atoms with Crippen molar-refractivity contribution in [2.24, 2.45) is 0 Å². The molecule has 1 heterocycles. The largest absolute Gasteiger partial charge is 0.438 e. The molecule has 0 saturated heterocycles. The third-order valence-electron chi connectivity index (χ3n) is 2.75. The molecule has 21 heavy (non-hydrogen) atoms. The van der Waals surface area contributed by atoms with Crippen molar-refractivity contribution < 1.29 is 13.9 Å². The predicted octanol–water partition coefficient (Wildman–Crippen LogP) is 3.29. The Morgan fingerprint density at radius 2 is 2.05 bits per heavy atom. The van der Waals surface area contributed by atoms with Crippen LogP contribution in [0.25, 0.3) is 0 Å². The van der Waals surface area contributed by atoms with Gasteiger partial charge in [0.15, 0.2) is 5.82 Å². The summed E-state index contributed by atoms with van der Waals surface area (Å²) in [6.45, 7) is 4.81. The fourth-order valence-corrected chi connectivity index (χ4v) is 1.79. The van der Waals surface area contributed by atoms with Gasteiger partial charge < -0.3 is 14.8 Å². The van der Waals surface area contributed by atoms with Gasteiger partial charge in [0.1, 0.15) is 24.0 Å². The second-order valence-corrected chi connectivity index (χ2v) is 4.48. The molecule has 0 bridgehead atoms. The second kappa shape index (κ2) is 6.99. The van der Waals surface area contributed by atoms with Crippen molar-refractivity contribution in [3.8, 4) is 11.6 Å². The van der Waals surface area contributed by atoms with E-state index in [0.717, 1.165) is 12.1 Å². The Kier molecular flexibility index (Phi) is 5.05. The molecule has 1 aromatic carbocycles. The van der Waals surface area contributed by atoms with E-state index < -0.39 is 0 Å². The molecule has 5 nitrogen and oxygen atoms in total. The lowest BCUT2D eigenvalue weighted by Crippen LogP contribution is -2.05. The molecule has 0 atom stereocenters. The maximum atomic E-state index is 13.3. The Morgan fingerprint density at radius 3 is 2.76 bits per heavy atom. The number of hydrogen-bond acceptors (Lipinski definition) is 5. The molecule has 2 aromatic rings. The summed E-state index contributed by atoms with van der Waals surface area (Å²) in [5.41, 5.74) is 0.827. The molecule has 0 aliphatic heterocycles. The number of nitrogens with one attached hydrogen (secondary N) is 1. The zero-order valence-electron chi connectivity index (χ0n) is 12.3. The van der Waals surface area contributed by atoms with Gasteiger partial charge in [-0.2, -0.15) is 4.98 Å². The van der Waals surface area contributed by atoms with Crippen LogP contribution < -0.4 is 10.1 Å². The first-order valence-corrected chi connectivity index (χ1v) is 6.67. The molecular weight excluding hydrogens is 273 g/mol. The molecule has 0 spiro atoms. The molecule has 0 amide bonds. The monoisotopic (exact) mass is 291 g/mol. The second-order valence-electron chi connectivity index (χ2n) is 4.48. The first-order chi connectivity index (χ1) is 10.1. The average molecular weight is 291 g/mol. The van der Waals surface area contributed by atoms with Crippen molar-refractivity contribution in [3.63, 3.8) is 0 Å². The van der Waals surface area contributed by atoms with E-state index in [1.807, 2.05) is 13.8 Å². The number of rotatable bonds is 6. The van der Waals surface area contributed by atoms with E-state index in [4.69, 9.17) is 9.47 Å². The molecule has 6 heteroatoms. The van der Waals surface area contributed by atoms with Crippen molar-refractivity contribution in [2.75, 3.05) is 19.0 Å². The summed E-state index contributed by atoms with van der Waals surface area (Å²) in [6, 6.07) is 6.06. The zero-order chi connectivity index (χ0) is 15.2. The van der Waals surface area contributed by atoms with E-state index in [-0.39, 0.29) is 12.4 Å². The number of halogens is 1. The smallest absolute Gasteiger partial charge is 0.224 e. The van der Waals surface area contributed by atoms with Crippen molar-refractivity contribution in [2.45, 2.75) is 20.5 Å². The van der Waals surface area contributed by atoms with Gasteiger partial charge in [-0.15, -0.1) is 0 Å². The van der Waals surface area contributed by atoms with E-state index >= 15 is 0 Å². The van der Waals surface area contributed by atoms with E-state index in [2.05, 4.69) is 15.3 Å². The lowest BCUT2D eigenvalue weighted by Gasteiger charge is -2.11. The standard InChI is InChI=1S/C15H18FN3O2/c1-4-17-13-8-15(19-14(18-13)9-20-3)21-12-7-11(16)6-5-10(12)2/h5-8H,4,9H2,1-3H3,(H,17,18,19). The van der Waals surface area contributed by atoms with Crippen LogP contribution in [0, 0.1) is 12.7 Å². The van der Waals surface area contributed by atoms with Crippen molar-refractivity contribution >= 4 is 5.82 Å². The molecule has 112 valence electrons. The molecule has 0 aliphatic carbocycles. The molecular formula is C15H18FN3O2. The molecule has 2 rings (SSSR count). The average Bonchev–Trinajstić information content (AvgIpc) is 2.43. The summed E-state index contributed by atoms with van der Waals surface area (Å²) in [6.07, 6.45) is 0. The van der Waals surface area contributed by atoms with Gasteiger partial charge in [0.2, 0.25) is 5.88 Å². The Hall–Kier alpha value is -2.21. The first-order valence-electron chi connectivity index (χ1n) is 6.67. The fourth-order valence-electron chi connectivity index (χ4n) is 1.79. The minimum Gasteiger partial charge on any atom is -0.438 e. The number of methoxy groups -OCH3 is 1. The van der Waals surface area contributed by atoms with Crippen LogP contribution in [0.3, 0.4) is 0 Å². The number of benzene rings is 1. The molecule has 0 radical (unpaired) electrons. The van der Waals surface area contributed by atoms with E-state index in [1.54, 1.807) is 19.2 Å². The van der Waals surface area contributed by atoms with Crippen molar-refractivity contribution in [1.29, 1.82) is 0 Å². The van der Waals surface area contributed by atoms with Crippen LogP contribution in [0.2, 0.25) is 0 Å². The Morgan fingerprint density at radius 1 is 1.24 bits per heavy atom. The van der Waals surface area contributed by atoms with E-state index in [0.29, 0.717) is 23.3 Å². The summed E-state index contributed by atoms with van der Waals surface area (Å²) in [7, 11) is 1.57.